The molecule has 0 saturated heterocycles. The fourth-order valence-corrected chi connectivity index (χ4v) is 1.35. The third kappa shape index (κ3) is 1.28. The van der Waals surface area contributed by atoms with Crippen LogP contribution in [0.2, 0.25) is 0 Å². The van der Waals surface area contributed by atoms with E-state index in [-0.39, 0.29) is 23.4 Å². The molecular formula is C9H6N2O3. The molecule has 1 aromatic carbocycles. The fraction of sp³-hybridized carbons (Fsp3) is 0.111. The lowest BCUT2D eigenvalue weighted by molar-refractivity contribution is -0.386. The van der Waals surface area contributed by atoms with E-state index >= 15 is 0 Å². The maximum absolute atomic E-state index is 11.0. The average molecular weight is 190 g/mol. The zero-order valence-electron chi connectivity index (χ0n) is 7.14. The lowest BCUT2D eigenvalue weighted by Gasteiger charge is -1.98. The number of hydrogen-bond acceptors (Lipinski definition) is 3. The molecule has 2 rings (SSSR count). The number of nitro groups is 1. The van der Waals surface area contributed by atoms with Gasteiger partial charge in [0, 0.05) is 17.7 Å². The molecule has 0 spiro atoms. The zero-order chi connectivity index (χ0) is 10.1. The zero-order valence-corrected chi connectivity index (χ0v) is 7.14. The van der Waals surface area contributed by atoms with Crippen molar-refractivity contribution in [2.45, 2.75) is 6.42 Å². The van der Waals surface area contributed by atoms with E-state index in [1.165, 1.54) is 6.07 Å². The Morgan fingerprint density at radius 1 is 1.43 bits per heavy atom. The number of amides is 1. The summed E-state index contributed by atoms with van der Waals surface area (Å²) in [7, 11) is 0. The van der Waals surface area contributed by atoms with E-state index in [2.05, 4.69) is 4.99 Å². The minimum atomic E-state index is -0.533. The number of carbonyl (C=O) groups excluding carboxylic acids is 1. The van der Waals surface area contributed by atoms with Crippen molar-refractivity contribution in [3.63, 3.8) is 0 Å². The summed E-state index contributed by atoms with van der Waals surface area (Å²) >= 11 is 0. The molecule has 0 aliphatic carbocycles. The maximum Gasteiger partial charge on any atom is 0.295 e. The Labute approximate surface area is 78.5 Å². The lowest BCUT2D eigenvalue weighted by atomic mass is 10.2. The minimum Gasteiger partial charge on any atom is -0.272 e. The van der Waals surface area contributed by atoms with Crippen LogP contribution in [0.25, 0.3) is 6.08 Å². The summed E-state index contributed by atoms with van der Waals surface area (Å²) in [5.74, 6) is -0.341. The second kappa shape index (κ2) is 3.02. The monoisotopic (exact) mass is 190 g/mol. The Bertz CT molecular complexity index is 533. The Balaban J connectivity index is 2.85. The van der Waals surface area contributed by atoms with E-state index in [4.69, 9.17) is 0 Å². The largest absolute Gasteiger partial charge is 0.295 e. The minimum absolute atomic E-state index is 0.119. The number of hydrogen-bond donors (Lipinski definition) is 0. The number of benzene rings is 1. The number of carbonyl (C=O) groups is 1. The van der Waals surface area contributed by atoms with E-state index in [9.17, 15) is 14.9 Å². The molecular weight excluding hydrogens is 184 g/mol. The summed E-state index contributed by atoms with van der Waals surface area (Å²) in [6.07, 6.45) is 1.87. The van der Waals surface area contributed by atoms with Crippen LogP contribution in [-0.4, -0.2) is 10.8 Å². The average Bonchev–Trinajstić information content (AvgIpc) is 2.16. The molecule has 1 aromatic rings. The standard InChI is InChI=1S/C9H6N2O3/c12-8-5-4-6-2-1-3-7(11(13)14)9(6)10-8/h1-4H,5H2. The summed E-state index contributed by atoms with van der Waals surface area (Å²) in [6.45, 7) is 0. The first-order chi connectivity index (χ1) is 6.68. The van der Waals surface area contributed by atoms with Gasteiger partial charge in [-0.3, -0.25) is 14.9 Å². The van der Waals surface area contributed by atoms with Gasteiger partial charge in [0.1, 0.15) is 0 Å². The molecule has 14 heavy (non-hydrogen) atoms. The van der Waals surface area contributed by atoms with Crippen LogP contribution in [0.1, 0.15) is 6.42 Å². The van der Waals surface area contributed by atoms with Gasteiger partial charge in [0.25, 0.3) is 5.69 Å². The summed E-state index contributed by atoms with van der Waals surface area (Å²) in [6, 6.07) is 4.63. The molecule has 5 nitrogen and oxygen atoms in total. The first-order valence-corrected chi connectivity index (χ1v) is 4.03. The topological polar surface area (TPSA) is 72.6 Å². The second-order valence-corrected chi connectivity index (χ2v) is 2.89. The summed E-state index contributed by atoms with van der Waals surface area (Å²) in [5.41, 5.74) is -0.119. The Morgan fingerprint density at radius 2 is 2.21 bits per heavy atom. The van der Waals surface area contributed by atoms with Crippen molar-refractivity contribution in [1.29, 1.82) is 0 Å². The molecule has 1 amide bonds. The van der Waals surface area contributed by atoms with Crippen molar-refractivity contribution >= 4 is 17.7 Å². The quantitative estimate of drug-likeness (QED) is 0.459. The Morgan fingerprint density at radius 3 is 2.93 bits per heavy atom. The SMILES string of the molecule is O=C1CC=c2cccc([N+](=O)[O-])c2=N1. The van der Waals surface area contributed by atoms with E-state index in [1.807, 2.05) is 0 Å². The fourth-order valence-electron chi connectivity index (χ4n) is 1.35. The van der Waals surface area contributed by atoms with Crippen LogP contribution in [0.15, 0.2) is 23.2 Å². The number of rotatable bonds is 1. The van der Waals surface area contributed by atoms with Crippen molar-refractivity contribution in [1.82, 2.24) is 0 Å². The van der Waals surface area contributed by atoms with Crippen LogP contribution in [-0.2, 0) is 4.79 Å². The van der Waals surface area contributed by atoms with E-state index < -0.39 is 4.92 Å². The number of nitrogens with zero attached hydrogens (tertiary/aromatic N) is 2. The Kier molecular flexibility index (Phi) is 1.85. The molecule has 0 fully saturated rings. The van der Waals surface area contributed by atoms with Gasteiger partial charge >= 0.3 is 0 Å². The normalized spacial score (nSPS) is 13.9. The highest BCUT2D eigenvalue weighted by atomic mass is 16.6. The highest BCUT2D eigenvalue weighted by Gasteiger charge is 2.13. The number of nitro benzene ring substituents is 1. The van der Waals surface area contributed by atoms with Gasteiger partial charge in [0.2, 0.25) is 5.91 Å². The van der Waals surface area contributed by atoms with E-state index in [1.54, 1.807) is 18.2 Å². The van der Waals surface area contributed by atoms with Crippen LogP contribution in [0.3, 0.4) is 0 Å². The summed E-state index contributed by atoms with van der Waals surface area (Å²) in [5, 5.41) is 11.4. The Hall–Kier alpha value is -2.04. The number of non-ortho nitro benzene ring substituents is 1. The lowest BCUT2D eigenvalue weighted by Crippen LogP contribution is -2.31. The van der Waals surface area contributed by atoms with Crippen LogP contribution in [0.5, 0.6) is 0 Å². The second-order valence-electron chi connectivity index (χ2n) is 2.89. The predicted molar refractivity (Wildman–Crippen MR) is 48.0 cm³/mol. The van der Waals surface area contributed by atoms with Crippen LogP contribution < -0.4 is 10.6 Å². The van der Waals surface area contributed by atoms with Crippen LogP contribution in [0, 0.1) is 10.1 Å². The molecule has 0 radical (unpaired) electrons. The van der Waals surface area contributed by atoms with Gasteiger partial charge in [-0.05, 0) is 0 Å². The van der Waals surface area contributed by atoms with Crippen molar-refractivity contribution < 1.29 is 9.72 Å². The number of para-hydroxylation sites is 1. The van der Waals surface area contributed by atoms with Crippen molar-refractivity contribution in [3.8, 4) is 0 Å². The third-order valence-electron chi connectivity index (χ3n) is 1.98. The molecule has 1 aliphatic rings. The molecule has 5 heteroatoms. The molecule has 0 atom stereocenters. The summed E-state index contributed by atoms with van der Waals surface area (Å²) in [4.78, 5) is 24.7. The maximum atomic E-state index is 11.0. The highest BCUT2D eigenvalue weighted by molar-refractivity contribution is 5.83. The molecule has 0 aromatic heterocycles. The van der Waals surface area contributed by atoms with Gasteiger partial charge in [-0.15, -0.1) is 0 Å². The van der Waals surface area contributed by atoms with Gasteiger partial charge in [0.15, 0.2) is 5.36 Å². The van der Waals surface area contributed by atoms with Crippen molar-refractivity contribution in [3.05, 3.63) is 38.9 Å². The molecule has 0 N–H and O–H groups in total. The predicted octanol–water partition coefficient (Wildman–Crippen LogP) is -0.0748. The van der Waals surface area contributed by atoms with Crippen molar-refractivity contribution in [2.75, 3.05) is 0 Å². The molecule has 0 unspecified atom stereocenters. The van der Waals surface area contributed by atoms with E-state index in [0.29, 0.717) is 5.22 Å². The molecule has 0 saturated carbocycles. The van der Waals surface area contributed by atoms with Gasteiger partial charge < -0.3 is 0 Å². The van der Waals surface area contributed by atoms with Crippen molar-refractivity contribution in [2.24, 2.45) is 4.99 Å². The first-order valence-electron chi connectivity index (χ1n) is 4.03. The summed E-state index contributed by atoms with van der Waals surface area (Å²) < 4.78 is 0. The molecule has 0 bridgehead atoms. The van der Waals surface area contributed by atoms with Crippen LogP contribution in [0.4, 0.5) is 5.69 Å². The molecule has 1 aliphatic heterocycles. The molecule has 1 heterocycles. The van der Waals surface area contributed by atoms with Gasteiger partial charge in [-0.25, -0.2) is 4.99 Å². The first kappa shape index (κ1) is 8.55. The van der Waals surface area contributed by atoms with Gasteiger partial charge in [-0.1, -0.05) is 18.2 Å². The van der Waals surface area contributed by atoms with Crippen LogP contribution >= 0.6 is 0 Å². The third-order valence-corrected chi connectivity index (χ3v) is 1.98. The number of fused-ring (bicyclic) bond motifs is 1. The smallest absolute Gasteiger partial charge is 0.272 e. The van der Waals surface area contributed by atoms with E-state index in [0.717, 1.165) is 0 Å². The van der Waals surface area contributed by atoms with Gasteiger partial charge in [0.05, 0.1) is 4.92 Å². The highest BCUT2D eigenvalue weighted by Crippen LogP contribution is 2.01. The molecule has 70 valence electrons. The van der Waals surface area contributed by atoms with Gasteiger partial charge in [-0.2, -0.15) is 0 Å².